The van der Waals surface area contributed by atoms with Crippen LogP contribution in [0.1, 0.15) is 19.8 Å². The molecule has 1 fully saturated rings. The number of carbonyl (C=O) groups excluding carboxylic acids is 1. The van der Waals surface area contributed by atoms with Crippen molar-refractivity contribution in [3.63, 3.8) is 0 Å². The summed E-state index contributed by atoms with van der Waals surface area (Å²) in [6.07, 6.45) is -4.29. The fourth-order valence-corrected chi connectivity index (χ4v) is 3.43. The number of alkyl halides is 3. The molecule has 30 heavy (non-hydrogen) atoms. The maximum Gasteiger partial charge on any atom is 0.471 e. The molecule has 1 rings (SSSR count). The number of rotatable bonds is 11. The average molecular weight is 481 g/mol. The van der Waals surface area contributed by atoms with Gasteiger partial charge in [0.2, 0.25) is 0 Å². The summed E-state index contributed by atoms with van der Waals surface area (Å²) in [4.78, 5) is 11.4. The number of amides is 1. The first-order chi connectivity index (χ1) is 13.5. The minimum Gasteiger partial charge on any atom is -0.373 e. The Morgan fingerprint density at radius 3 is 2.03 bits per heavy atom. The van der Waals surface area contributed by atoms with E-state index in [0.717, 1.165) is 0 Å². The molecule has 3 atom stereocenters. The lowest BCUT2D eigenvalue weighted by atomic mass is 9.87. The van der Waals surface area contributed by atoms with E-state index in [2.05, 4.69) is 8.37 Å². The normalized spacial score (nSPS) is 24.7. The third kappa shape index (κ3) is 8.30. The van der Waals surface area contributed by atoms with E-state index in [-0.39, 0.29) is 6.61 Å². The van der Waals surface area contributed by atoms with Crippen LogP contribution in [0.25, 0.3) is 0 Å². The summed E-state index contributed by atoms with van der Waals surface area (Å²) in [6, 6.07) is -3.23. The molecule has 0 unspecified atom stereocenters. The smallest absolute Gasteiger partial charge is 0.373 e. The lowest BCUT2D eigenvalue weighted by Crippen LogP contribution is -2.57. The molecule has 0 spiro atoms. The molecule has 0 aromatic carbocycles. The molecule has 1 aliphatic heterocycles. The molecular formula is C14H23BF3NO9S2. The molecule has 0 bridgehead atoms. The van der Waals surface area contributed by atoms with Gasteiger partial charge in [0.25, 0.3) is 20.2 Å². The van der Waals surface area contributed by atoms with Gasteiger partial charge in [-0.15, -0.1) is 0 Å². The van der Waals surface area contributed by atoms with Crippen LogP contribution in [0.3, 0.4) is 0 Å². The van der Waals surface area contributed by atoms with Gasteiger partial charge in [-0.25, -0.2) is 0 Å². The maximum absolute atomic E-state index is 12.7. The predicted molar refractivity (Wildman–Crippen MR) is 97.6 cm³/mol. The first-order valence-corrected chi connectivity index (χ1v) is 12.3. The molecule has 1 aliphatic rings. The van der Waals surface area contributed by atoms with Crippen molar-refractivity contribution in [2.75, 3.05) is 32.3 Å². The summed E-state index contributed by atoms with van der Waals surface area (Å²) in [6.45, 7) is -0.000451. The van der Waals surface area contributed by atoms with Crippen molar-refractivity contribution in [1.29, 1.82) is 0 Å². The Morgan fingerprint density at radius 1 is 1.13 bits per heavy atom. The highest BCUT2D eigenvalue weighted by Crippen LogP contribution is 2.35. The number of ether oxygens (including phenoxy) is 2. The van der Waals surface area contributed by atoms with E-state index in [0.29, 0.717) is 25.4 Å². The number of hydrogen-bond donors (Lipinski definition) is 1. The van der Waals surface area contributed by atoms with E-state index in [1.54, 1.807) is 12.2 Å². The summed E-state index contributed by atoms with van der Waals surface area (Å²) in [5, 5.41) is 1.65. The Bertz CT molecular complexity index is 768. The number of halogens is 3. The number of hydrogen-bond acceptors (Lipinski definition) is 9. The van der Waals surface area contributed by atoms with Crippen LogP contribution >= 0.6 is 0 Å². The quantitative estimate of drug-likeness (QED) is 0.234. The molecule has 10 nitrogen and oxygen atoms in total. The lowest BCUT2D eigenvalue weighted by Gasteiger charge is -2.34. The fraction of sp³-hybridized carbons (Fsp3) is 0.929. The van der Waals surface area contributed by atoms with Gasteiger partial charge in [0.05, 0.1) is 18.6 Å². The highest BCUT2D eigenvalue weighted by Gasteiger charge is 2.57. The minimum atomic E-state index is -5.24. The lowest BCUT2D eigenvalue weighted by molar-refractivity contribution is -0.175. The van der Waals surface area contributed by atoms with Gasteiger partial charge in [-0.05, 0) is 6.42 Å². The van der Waals surface area contributed by atoms with Gasteiger partial charge >= 0.3 is 12.1 Å². The number of nitrogens with one attached hydrogen (secondary N) is 1. The van der Waals surface area contributed by atoms with E-state index in [1.807, 2.05) is 0 Å². The summed E-state index contributed by atoms with van der Waals surface area (Å²) in [7, 11) is -2.44. The molecule has 1 heterocycles. The van der Waals surface area contributed by atoms with Gasteiger partial charge in [-0.2, -0.15) is 30.0 Å². The average Bonchev–Trinajstić information content (AvgIpc) is 2.82. The zero-order valence-electron chi connectivity index (χ0n) is 16.5. The van der Waals surface area contributed by atoms with E-state index in [9.17, 15) is 34.8 Å². The van der Waals surface area contributed by atoms with Gasteiger partial charge < -0.3 is 14.8 Å². The van der Waals surface area contributed by atoms with Crippen LogP contribution in [0.5, 0.6) is 0 Å². The Labute approximate surface area is 174 Å². The highest BCUT2D eigenvalue weighted by atomic mass is 32.2. The molecule has 1 saturated heterocycles. The van der Waals surface area contributed by atoms with Crippen LogP contribution in [-0.2, 0) is 42.9 Å². The van der Waals surface area contributed by atoms with Crippen LogP contribution in [-0.4, -0.2) is 92.8 Å². The van der Waals surface area contributed by atoms with Gasteiger partial charge in [-0.3, -0.25) is 13.2 Å². The van der Waals surface area contributed by atoms with E-state index >= 15 is 0 Å². The molecular weight excluding hydrogens is 458 g/mol. The monoisotopic (exact) mass is 481 g/mol. The Balaban J connectivity index is 3.31. The van der Waals surface area contributed by atoms with Gasteiger partial charge in [0.1, 0.15) is 32.8 Å². The third-order valence-corrected chi connectivity index (χ3v) is 5.05. The second-order valence-corrected chi connectivity index (χ2v) is 10.0. The van der Waals surface area contributed by atoms with E-state index in [4.69, 9.17) is 17.3 Å². The standard InChI is InChI=1S/C14H23BF3NO9S2/c1-4-5-6-25-10-9(19-12(20)14(16,17)18)11(15)28-13(10,7-26-29(2,21)22)8-27-30(3,23)24/h9-11H,4-8H2,1-3H3,(H,19,20)/t9-,10+,11-/m1/s1. The van der Waals surface area contributed by atoms with Crippen LogP contribution in [0, 0.1) is 0 Å². The first-order valence-electron chi connectivity index (χ1n) is 8.62. The van der Waals surface area contributed by atoms with E-state index < -0.39 is 69.3 Å². The number of unbranched alkanes of at least 4 members (excludes halogenated alkanes) is 1. The first kappa shape index (κ1) is 27.1. The SMILES string of the molecule is [B][C@@H]1OC(COS(C)(=O)=O)(COS(C)(=O)=O)[C@@H](OCCCC)[C@H]1NC(=O)C(F)(F)F. The van der Waals surface area contributed by atoms with Crippen LogP contribution in [0.15, 0.2) is 0 Å². The van der Waals surface area contributed by atoms with Crippen LogP contribution < -0.4 is 5.32 Å². The van der Waals surface area contributed by atoms with Crippen molar-refractivity contribution >= 4 is 34.0 Å². The largest absolute Gasteiger partial charge is 0.471 e. The molecule has 2 radical (unpaired) electrons. The van der Waals surface area contributed by atoms with Crippen molar-refractivity contribution in [2.24, 2.45) is 0 Å². The molecule has 16 heteroatoms. The molecule has 174 valence electrons. The third-order valence-electron chi connectivity index (χ3n) is 3.95. The van der Waals surface area contributed by atoms with Gasteiger partial charge in [0.15, 0.2) is 0 Å². The zero-order valence-corrected chi connectivity index (χ0v) is 18.1. The Hall–Kier alpha value is -0.935. The fourth-order valence-electron chi connectivity index (χ4n) is 2.60. The zero-order chi connectivity index (χ0) is 23.4. The highest BCUT2D eigenvalue weighted by molar-refractivity contribution is 7.86. The summed E-state index contributed by atoms with van der Waals surface area (Å²) in [5.41, 5.74) is -2.05. The van der Waals surface area contributed by atoms with Gasteiger partial charge in [-0.1, -0.05) is 13.3 Å². The van der Waals surface area contributed by atoms with Gasteiger partial charge in [0, 0.05) is 12.6 Å². The second-order valence-electron chi connectivity index (χ2n) is 6.72. The molecule has 1 amide bonds. The maximum atomic E-state index is 12.7. The van der Waals surface area contributed by atoms with E-state index in [1.165, 1.54) is 0 Å². The molecule has 0 aliphatic carbocycles. The van der Waals surface area contributed by atoms with Crippen LogP contribution in [0.2, 0.25) is 0 Å². The summed E-state index contributed by atoms with van der Waals surface area (Å²) < 4.78 is 104. The predicted octanol–water partition coefficient (Wildman–Crippen LogP) is -0.565. The minimum absolute atomic E-state index is 0.0326. The Morgan fingerprint density at radius 2 is 1.63 bits per heavy atom. The summed E-state index contributed by atoms with van der Waals surface area (Å²) >= 11 is 0. The molecule has 0 aromatic heterocycles. The van der Waals surface area contributed by atoms with Crippen molar-refractivity contribution in [2.45, 2.75) is 49.7 Å². The van der Waals surface area contributed by atoms with Crippen LogP contribution in [0.4, 0.5) is 13.2 Å². The van der Waals surface area contributed by atoms with Crippen molar-refractivity contribution in [3.05, 3.63) is 0 Å². The summed E-state index contributed by atoms with van der Waals surface area (Å²) in [5.74, 6) is -2.33. The molecule has 1 N–H and O–H groups in total. The second kappa shape index (κ2) is 10.1. The number of carbonyl (C=O) groups is 1. The van der Waals surface area contributed by atoms with Crippen molar-refractivity contribution < 1.29 is 52.6 Å². The topological polar surface area (TPSA) is 134 Å². The molecule has 0 aromatic rings. The Kier molecular flexibility index (Phi) is 9.14. The van der Waals surface area contributed by atoms with Crippen molar-refractivity contribution in [3.8, 4) is 0 Å². The molecule has 0 saturated carbocycles. The van der Waals surface area contributed by atoms with Crippen molar-refractivity contribution in [1.82, 2.24) is 5.32 Å².